The van der Waals surface area contributed by atoms with Crippen molar-refractivity contribution in [1.29, 1.82) is 0 Å². The van der Waals surface area contributed by atoms with E-state index in [0.29, 0.717) is 0 Å². The number of rotatable bonds is 2. The van der Waals surface area contributed by atoms with Gasteiger partial charge in [0.1, 0.15) is 5.75 Å². The van der Waals surface area contributed by atoms with E-state index in [0.717, 1.165) is 30.6 Å². The molecule has 1 aliphatic carbocycles. The Hall–Kier alpha value is -1.02. The molecule has 0 heterocycles. The van der Waals surface area contributed by atoms with Gasteiger partial charge in [0.15, 0.2) is 0 Å². The molecule has 0 aliphatic heterocycles. The first kappa shape index (κ1) is 8.57. The van der Waals surface area contributed by atoms with Crippen LogP contribution in [0.1, 0.15) is 24.8 Å². The molecule has 2 heteroatoms. The molecule has 1 N–H and O–H groups in total. The molecule has 1 saturated carbocycles. The molecule has 0 saturated heterocycles. The Labute approximate surface area is 78.2 Å². The summed E-state index contributed by atoms with van der Waals surface area (Å²) in [6.07, 6.45) is 2.90. The van der Waals surface area contributed by atoms with Crippen LogP contribution in [0.3, 0.4) is 0 Å². The van der Waals surface area contributed by atoms with Crippen molar-refractivity contribution in [2.24, 2.45) is 0 Å². The maximum absolute atomic E-state index is 10.0. The SMILES string of the molecule is COc1ccc(C2(O)CCC2)cc1. The molecule has 0 atom stereocenters. The molecule has 1 aromatic rings. The lowest BCUT2D eigenvalue weighted by Crippen LogP contribution is -2.33. The molecule has 0 radical (unpaired) electrons. The predicted molar refractivity (Wildman–Crippen MR) is 50.7 cm³/mol. The van der Waals surface area contributed by atoms with E-state index in [1.165, 1.54) is 0 Å². The standard InChI is InChI=1S/C11H14O2/c1-13-10-5-3-9(4-6-10)11(12)7-2-8-11/h3-6,12H,2,7-8H2,1H3. The molecule has 0 amide bonds. The number of methoxy groups -OCH3 is 1. The average molecular weight is 178 g/mol. The lowest BCUT2D eigenvalue weighted by atomic mass is 9.75. The van der Waals surface area contributed by atoms with E-state index in [9.17, 15) is 5.11 Å². The fourth-order valence-corrected chi connectivity index (χ4v) is 1.70. The van der Waals surface area contributed by atoms with Crippen LogP contribution < -0.4 is 4.74 Å². The van der Waals surface area contributed by atoms with Gasteiger partial charge < -0.3 is 9.84 Å². The summed E-state index contributed by atoms with van der Waals surface area (Å²) in [5.41, 5.74) is 0.464. The zero-order valence-corrected chi connectivity index (χ0v) is 7.79. The van der Waals surface area contributed by atoms with Gasteiger partial charge in [-0.25, -0.2) is 0 Å². The van der Waals surface area contributed by atoms with Gasteiger partial charge in [0.2, 0.25) is 0 Å². The Morgan fingerprint density at radius 2 is 1.85 bits per heavy atom. The second-order valence-electron chi connectivity index (χ2n) is 3.61. The highest BCUT2D eigenvalue weighted by atomic mass is 16.5. The summed E-state index contributed by atoms with van der Waals surface area (Å²) in [5.74, 6) is 0.840. The van der Waals surface area contributed by atoms with E-state index in [1.807, 2.05) is 24.3 Å². The third-order valence-corrected chi connectivity index (χ3v) is 2.81. The first-order chi connectivity index (χ1) is 6.24. The molecule has 2 nitrogen and oxygen atoms in total. The Morgan fingerprint density at radius 1 is 1.23 bits per heavy atom. The summed E-state index contributed by atoms with van der Waals surface area (Å²) in [5, 5.41) is 10.0. The van der Waals surface area contributed by atoms with Crippen LogP contribution >= 0.6 is 0 Å². The number of hydrogen-bond donors (Lipinski definition) is 1. The Morgan fingerprint density at radius 3 is 2.23 bits per heavy atom. The smallest absolute Gasteiger partial charge is 0.118 e. The van der Waals surface area contributed by atoms with Gasteiger partial charge in [-0.1, -0.05) is 12.1 Å². The molecular formula is C11H14O2. The van der Waals surface area contributed by atoms with Gasteiger partial charge in [0, 0.05) is 0 Å². The first-order valence-corrected chi connectivity index (χ1v) is 4.61. The zero-order valence-electron chi connectivity index (χ0n) is 7.79. The molecule has 1 aromatic carbocycles. The van der Waals surface area contributed by atoms with Crippen molar-refractivity contribution in [2.45, 2.75) is 24.9 Å². The van der Waals surface area contributed by atoms with Crippen LogP contribution in [0.15, 0.2) is 24.3 Å². The summed E-state index contributed by atoms with van der Waals surface area (Å²) in [4.78, 5) is 0. The molecule has 1 aliphatic rings. The highest BCUT2D eigenvalue weighted by Gasteiger charge is 2.35. The average Bonchev–Trinajstić information content (AvgIpc) is 2.14. The minimum absolute atomic E-state index is 0.549. The Balaban J connectivity index is 2.22. The van der Waals surface area contributed by atoms with Crippen LogP contribution in [0.4, 0.5) is 0 Å². The van der Waals surface area contributed by atoms with Crippen LogP contribution in [0.25, 0.3) is 0 Å². The third-order valence-electron chi connectivity index (χ3n) is 2.81. The van der Waals surface area contributed by atoms with E-state index in [-0.39, 0.29) is 0 Å². The number of ether oxygens (including phenoxy) is 1. The van der Waals surface area contributed by atoms with Crippen molar-refractivity contribution < 1.29 is 9.84 Å². The van der Waals surface area contributed by atoms with Crippen LogP contribution in [0, 0.1) is 0 Å². The quantitative estimate of drug-likeness (QED) is 0.751. The number of aliphatic hydroxyl groups is 1. The molecule has 1 fully saturated rings. The van der Waals surface area contributed by atoms with Crippen molar-refractivity contribution >= 4 is 0 Å². The lowest BCUT2D eigenvalue weighted by molar-refractivity contribution is -0.0388. The number of hydrogen-bond acceptors (Lipinski definition) is 2. The molecule has 2 rings (SSSR count). The zero-order chi connectivity index (χ0) is 9.31. The molecule has 70 valence electrons. The predicted octanol–water partition coefficient (Wildman–Crippen LogP) is 2.07. The summed E-state index contributed by atoms with van der Waals surface area (Å²) in [6.45, 7) is 0. The molecule has 0 bridgehead atoms. The molecule has 0 aromatic heterocycles. The van der Waals surface area contributed by atoms with Crippen molar-refractivity contribution in [3.05, 3.63) is 29.8 Å². The fraction of sp³-hybridized carbons (Fsp3) is 0.455. The van der Waals surface area contributed by atoms with Gasteiger partial charge >= 0.3 is 0 Å². The van der Waals surface area contributed by atoms with Crippen molar-refractivity contribution in [2.75, 3.05) is 7.11 Å². The first-order valence-electron chi connectivity index (χ1n) is 4.61. The molecule has 13 heavy (non-hydrogen) atoms. The van der Waals surface area contributed by atoms with Gasteiger partial charge in [-0.15, -0.1) is 0 Å². The summed E-state index contributed by atoms with van der Waals surface area (Å²) < 4.78 is 5.05. The van der Waals surface area contributed by atoms with E-state index in [4.69, 9.17) is 4.74 Å². The van der Waals surface area contributed by atoms with Crippen molar-refractivity contribution in [3.63, 3.8) is 0 Å². The van der Waals surface area contributed by atoms with E-state index in [2.05, 4.69) is 0 Å². The van der Waals surface area contributed by atoms with Crippen LogP contribution in [0.2, 0.25) is 0 Å². The van der Waals surface area contributed by atoms with Crippen LogP contribution in [-0.4, -0.2) is 12.2 Å². The monoisotopic (exact) mass is 178 g/mol. The molecular weight excluding hydrogens is 164 g/mol. The second kappa shape index (κ2) is 3.04. The maximum Gasteiger partial charge on any atom is 0.118 e. The topological polar surface area (TPSA) is 29.5 Å². The van der Waals surface area contributed by atoms with Crippen molar-refractivity contribution in [1.82, 2.24) is 0 Å². The largest absolute Gasteiger partial charge is 0.497 e. The maximum atomic E-state index is 10.0. The van der Waals surface area contributed by atoms with Gasteiger partial charge in [-0.2, -0.15) is 0 Å². The minimum atomic E-state index is -0.549. The Bertz CT molecular complexity index is 285. The summed E-state index contributed by atoms with van der Waals surface area (Å²) in [7, 11) is 1.65. The summed E-state index contributed by atoms with van der Waals surface area (Å²) in [6, 6.07) is 7.67. The third kappa shape index (κ3) is 1.42. The Kier molecular flexibility index (Phi) is 2.00. The van der Waals surface area contributed by atoms with E-state index in [1.54, 1.807) is 7.11 Å². The minimum Gasteiger partial charge on any atom is -0.497 e. The second-order valence-corrected chi connectivity index (χ2v) is 3.61. The van der Waals surface area contributed by atoms with Gasteiger partial charge in [0.05, 0.1) is 12.7 Å². The molecule has 0 spiro atoms. The summed E-state index contributed by atoms with van der Waals surface area (Å²) >= 11 is 0. The van der Waals surface area contributed by atoms with E-state index < -0.39 is 5.60 Å². The molecule has 0 unspecified atom stereocenters. The van der Waals surface area contributed by atoms with Crippen LogP contribution in [-0.2, 0) is 5.60 Å². The lowest BCUT2D eigenvalue weighted by Gasteiger charge is -2.37. The number of benzene rings is 1. The van der Waals surface area contributed by atoms with E-state index >= 15 is 0 Å². The van der Waals surface area contributed by atoms with Gasteiger partial charge in [0.25, 0.3) is 0 Å². The highest BCUT2D eigenvalue weighted by molar-refractivity contribution is 5.31. The van der Waals surface area contributed by atoms with Crippen LogP contribution in [0.5, 0.6) is 5.75 Å². The van der Waals surface area contributed by atoms with Gasteiger partial charge in [-0.05, 0) is 37.0 Å². The van der Waals surface area contributed by atoms with Gasteiger partial charge in [-0.3, -0.25) is 0 Å². The fourth-order valence-electron chi connectivity index (χ4n) is 1.70. The normalized spacial score (nSPS) is 19.2. The highest BCUT2D eigenvalue weighted by Crippen LogP contribution is 2.41. The van der Waals surface area contributed by atoms with Crippen molar-refractivity contribution in [3.8, 4) is 5.75 Å².